The van der Waals surface area contributed by atoms with E-state index in [9.17, 15) is 9.59 Å². The van der Waals surface area contributed by atoms with Crippen molar-refractivity contribution in [1.82, 2.24) is 14.8 Å². The second-order valence-electron chi connectivity index (χ2n) is 6.14. The first-order chi connectivity index (χ1) is 11.5. The maximum Gasteiger partial charge on any atom is 0.252 e. The van der Waals surface area contributed by atoms with Gasteiger partial charge < -0.3 is 9.88 Å². The molecule has 128 valence electrons. The summed E-state index contributed by atoms with van der Waals surface area (Å²) in [6, 6.07) is 7.84. The van der Waals surface area contributed by atoms with E-state index >= 15 is 0 Å². The van der Waals surface area contributed by atoms with Gasteiger partial charge in [-0.25, -0.2) is 0 Å². The first-order valence-corrected chi connectivity index (χ1v) is 9.48. The number of H-pyrrole nitrogens is 1. The highest BCUT2D eigenvalue weighted by molar-refractivity contribution is 7.98. The molecule has 1 saturated heterocycles. The van der Waals surface area contributed by atoms with Gasteiger partial charge in [0.05, 0.1) is 6.04 Å². The highest BCUT2D eigenvalue weighted by Gasteiger charge is 2.30. The number of thioether (sulfide) groups is 1. The number of pyridine rings is 1. The van der Waals surface area contributed by atoms with Crippen LogP contribution in [0.3, 0.4) is 0 Å². The van der Waals surface area contributed by atoms with Crippen LogP contribution in [0.4, 0.5) is 0 Å². The quantitative estimate of drug-likeness (QED) is 0.864. The summed E-state index contributed by atoms with van der Waals surface area (Å²) in [5.41, 5.74) is 1.50. The molecule has 2 heterocycles. The Hall–Kier alpha value is -1.79. The third-order valence-corrected chi connectivity index (χ3v) is 5.48. The van der Waals surface area contributed by atoms with Gasteiger partial charge in [-0.1, -0.05) is 6.07 Å². The molecule has 0 saturated carbocycles. The van der Waals surface area contributed by atoms with Crippen LogP contribution in [-0.4, -0.2) is 52.6 Å². The fourth-order valence-electron chi connectivity index (χ4n) is 3.19. The minimum absolute atomic E-state index is 0.0710. The molecule has 1 atom stereocenters. The van der Waals surface area contributed by atoms with Crippen molar-refractivity contribution >= 4 is 28.6 Å². The van der Waals surface area contributed by atoms with Crippen LogP contribution in [0.15, 0.2) is 34.0 Å². The van der Waals surface area contributed by atoms with Gasteiger partial charge in [0, 0.05) is 42.2 Å². The predicted octanol–water partition coefficient (Wildman–Crippen LogP) is 2.30. The van der Waals surface area contributed by atoms with E-state index in [4.69, 9.17) is 0 Å². The van der Waals surface area contributed by atoms with Gasteiger partial charge in [-0.3, -0.25) is 14.5 Å². The summed E-state index contributed by atoms with van der Waals surface area (Å²) in [4.78, 5) is 32.8. The lowest BCUT2D eigenvalue weighted by atomic mass is 10.1. The molecule has 1 N–H and O–H groups in total. The molecule has 1 aliphatic rings. The molecule has 0 radical (unpaired) electrons. The molecule has 6 heteroatoms. The smallest absolute Gasteiger partial charge is 0.252 e. The number of nitrogens with zero attached hydrogens (tertiary/aromatic N) is 2. The molecule has 0 bridgehead atoms. The van der Waals surface area contributed by atoms with Gasteiger partial charge >= 0.3 is 0 Å². The number of likely N-dealkylation sites (N-methyl/N-ethyl adjacent to an activating group) is 1. The monoisotopic (exact) mass is 345 g/mol. The number of carbonyl (C=O) groups excluding carboxylic acids is 1. The summed E-state index contributed by atoms with van der Waals surface area (Å²) < 4.78 is 0. The SMILES string of the molecule is CCN1CCN(Cc2cc3ccc(SC)cc3[nH]c2=O)C(C)C1=O. The van der Waals surface area contributed by atoms with Crippen molar-refractivity contribution in [3.63, 3.8) is 0 Å². The minimum atomic E-state index is -0.187. The molecule has 24 heavy (non-hydrogen) atoms. The van der Waals surface area contributed by atoms with Gasteiger partial charge in [-0.2, -0.15) is 0 Å². The Morgan fingerprint density at radius 3 is 2.75 bits per heavy atom. The minimum Gasteiger partial charge on any atom is -0.340 e. The van der Waals surface area contributed by atoms with E-state index in [-0.39, 0.29) is 17.5 Å². The number of carbonyl (C=O) groups is 1. The van der Waals surface area contributed by atoms with Gasteiger partial charge in [0.1, 0.15) is 0 Å². The lowest BCUT2D eigenvalue weighted by Crippen LogP contribution is -2.55. The maximum atomic E-state index is 12.4. The molecule has 2 aromatic rings. The summed E-state index contributed by atoms with van der Waals surface area (Å²) in [6.07, 6.45) is 2.02. The first-order valence-electron chi connectivity index (χ1n) is 8.26. The average molecular weight is 345 g/mol. The molecule has 1 fully saturated rings. The fraction of sp³-hybridized carbons (Fsp3) is 0.444. The number of rotatable bonds is 4. The largest absolute Gasteiger partial charge is 0.340 e. The molecule has 1 aromatic carbocycles. The molecule has 0 aliphatic carbocycles. The van der Waals surface area contributed by atoms with Crippen molar-refractivity contribution in [2.45, 2.75) is 31.3 Å². The molecule has 5 nitrogen and oxygen atoms in total. The van der Waals surface area contributed by atoms with E-state index in [0.717, 1.165) is 35.4 Å². The van der Waals surface area contributed by atoms with E-state index in [0.29, 0.717) is 12.1 Å². The summed E-state index contributed by atoms with van der Waals surface area (Å²) in [7, 11) is 0. The number of fused-ring (bicyclic) bond motifs is 1. The van der Waals surface area contributed by atoms with Crippen molar-refractivity contribution in [3.05, 3.63) is 40.2 Å². The second kappa shape index (κ2) is 6.99. The number of hydrogen-bond acceptors (Lipinski definition) is 4. The van der Waals surface area contributed by atoms with Gasteiger partial charge in [-0.15, -0.1) is 11.8 Å². The second-order valence-corrected chi connectivity index (χ2v) is 7.02. The predicted molar refractivity (Wildman–Crippen MR) is 98.5 cm³/mol. The van der Waals surface area contributed by atoms with E-state index < -0.39 is 0 Å². The topological polar surface area (TPSA) is 56.4 Å². The van der Waals surface area contributed by atoms with Crippen molar-refractivity contribution in [2.75, 3.05) is 25.9 Å². The van der Waals surface area contributed by atoms with Crippen molar-refractivity contribution < 1.29 is 4.79 Å². The Morgan fingerprint density at radius 1 is 1.25 bits per heavy atom. The Kier molecular flexibility index (Phi) is 4.96. The number of piperazine rings is 1. The fourth-order valence-corrected chi connectivity index (χ4v) is 3.63. The molecule has 0 spiro atoms. The number of aromatic nitrogens is 1. The standard InChI is InChI=1S/C18H23N3O2S/c1-4-20-7-8-21(12(2)18(20)23)11-14-9-13-5-6-15(24-3)10-16(13)19-17(14)22/h5-6,9-10,12H,4,7-8,11H2,1-3H3,(H,19,22). The van der Waals surface area contributed by atoms with Crippen LogP contribution in [0.2, 0.25) is 0 Å². The molecule has 3 rings (SSSR count). The molecule has 1 amide bonds. The van der Waals surface area contributed by atoms with E-state index in [1.165, 1.54) is 0 Å². The van der Waals surface area contributed by atoms with E-state index in [1.807, 2.05) is 43.2 Å². The van der Waals surface area contributed by atoms with Crippen LogP contribution in [0.1, 0.15) is 19.4 Å². The van der Waals surface area contributed by atoms with Crippen LogP contribution < -0.4 is 5.56 Å². The Morgan fingerprint density at radius 2 is 2.04 bits per heavy atom. The Labute approximate surface area is 146 Å². The lowest BCUT2D eigenvalue weighted by molar-refractivity contribution is -0.141. The molecule has 1 unspecified atom stereocenters. The van der Waals surface area contributed by atoms with Gasteiger partial charge in [0.2, 0.25) is 5.91 Å². The van der Waals surface area contributed by atoms with Crippen LogP contribution in [0, 0.1) is 0 Å². The third-order valence-electron chi connectivity index (χ3n) is 4.76. The molecular weight excluding hydrogens is 322 g/mol. The number of amides is 1. The Bertz CT molecular complexity index is 818. The van der Waals surface area contributed by atoms with Gasteiger partial charge in [-0.05, 0) is 43.7 Å². The number of nitrogens with one attached hydrogen (secondary N) is 1. The summed E-state index contributed by atoms with van der Waals surface area (Å²) in [5.74, 6) is 0.144. The van der Waals surface area contributed by atoms with Crippen molar-refractivity contribution in [3.8, 4) is 0 Å². The third kappa shape index (κ3) is 3.21. The Balaban J connectivity index is 1.86. The maximum absolute atomic E-state index is 12.4. The van der Waals surface area contributed by atoms with Crippen LogP contribution in [0.5, 0.6) is 0 Å². The van der Waals surface area contributed by atoms with Crippen LogP contribution in [0.25, 0.3) is 10.9 Å². The molecular formula is C18H23N3O2S. The zero-order valence-corrected chi connectivity index (χ0v) is 15.2. The lowest BCUT2D eigenvalue weighted by Gasteiger charge is -2.38. The number of benzene rings is 1. The first kappa shape index (κ1) is 17.0. The number of hydrogen-bond donors (Lipinski definition) is 1. The van der Waals surface area contributed by atoms with E-state index in [2.05, 4.69) is 16.0 Å². The summed E-state index contributed by atoms with van der Waals surface area (Å²) >= 11 is 1.65. The van der Waals surface area contributed by atoms with Crippen molar-refractivity contribution in [2.24, 2.45) is 0 Å². The summed E-state index contributed by atoms with van der Waals surface area (Å²) in [6.45, 7) is 6.68. The highest BCUT2D eigenvalue weighted by Crippen LogP contribution is 2.21. The highest BCUT2D eigenvalue weighted by atomic mass is 32.2. The van der Waals surface area contributed by atoms with Crippen LogP contribution in [-0.2, 0) is 11.3 Å². The van der Waals surface area contributed by atoms with Crippen LogP contribution >= 0.6 is 11.8 Å². The average Bonchev–Trinajstić information content (AvgIpc) is 2.59. The van der Waals surface area contributed by atoms with Crippen molar-refractivity contribution in [1.29, 1.82) is 0 Å². The zero-order valence-electron chi connectivity index (χ0n) is 14.3. The van der Waals surface area contributed by atoms with Gasteiger partial charge in [0.25, 0.3) is 5.56 Å². The normalized spacial score (nSPS) is 19.2. The molecule has 1 aromatic heterocycles. The number of aromatic amines is 1. The zero-order chi connectivity index (χ0) is 17.3. The van der Waals surface area contributed by atoms with Gasteiger partial charge in [0.15, 0.2) is 0 Å². The van der Waals surface area contributed by atoms with E-state index in [1.54, 1.807) is 11.8 Å². The molecule has 1 aliphatic heterocycles. The summed E-state index contributed by atoms with van der Waals surface area (Å²) in [5, 5.41) is 1.02.